The van der Waals surface area contributed by atoms with Crippen molar-refractivity contribution in [3.63, 3.8) is 0 Å². The summed E-state index contributed by atoms with van der Waals surface area (Å²) in [6.45, 7) is 8.49. The number of anilines is 4. The molecule has 2 amide bonds. The lowest BCUT2D eigenvalue weighted by atomic mass is 10.0. The number of aromatic nitrogens is 4. The van der Waals surface area contributed by atoms with Gasteiger partial charge in [-0.1, -0.05) is 121 Å². The lowest BCUT2D eigenvalue weighted by Gasteiger charge is -2.19. The molecule has 4 aromatic carbocycles. The van der Waals surface area contributed by atoms with E-state index < -0.39 is 110 Å². The molecular weight excluding hydrogens is 1780 g/mol. The number of rotatable bonds is 82. The zero-order valence-corrected chi connectivity index (χ0v) is 78.4. The summed E-state index contributed by atoms with van der Waals surface area (Å²) in [6.07, 6.45) is 0.681. The Hall–Kier alpha value is -10.4. The SMILES string of the molecule is COCCOCCOCCOCCCNc1nc(C(=O)NC(CO)C(=O)OCc2ccccc2)c(NCCCOCCOCCOCCOC)nc1C(=O)CC(CO)C(=O)OCc1ccccc1.COCCOCCOCCOCCCNc1nc(C(=O)NC(CO)C(=O)OCc2ccccc2)c(NCCCOCCOCCOCCOC)nc1C(=O)CC(CO)C(=O)OCc1ccccc1. The van der Waals surface area contributed by atoms with Gasteiger partial charge in [0, 0.05) is 93.9 Å². The summed E-state index contributed by atoms with van der Waals surface area (Å²) >= 11 is 0. The maximum atomic E-state index is 14.1. The summed E-state index contributed by atoms with van der Waals surface area (Å²) in [5, 5.41) is 57.9. The third kappa shape index (κ3) is 51.7. The number of nitrogens with zero attached hydrogens (tertiary/aromatic N) is 4. The van der Waals surface area contributed by atoms with E-state index in [1.807, 2.05) is 24.3 Å². The maximum absolute atomic E-state index is 14.1. The first-order valence-corrected chi connectivity index (χ1v) is 45.2. The van der Waals surface area contributed by atoms with Crippen LogP contribution in [0.2, 0.25) is 0 Å². The van der Waals surface area contributed by atoms with E-state index in [1.165, 1.54) is 0 Å². The molecule has 0 saturated heterocycles. The molecule has 6 aromatic rings. The summed E-state index contributed by atoms with van der Waals surface area (Å²) in [4.78, 5) is 127. The Morgan fingerprint density at radius 3 is 0.691 bits per heavy atom. The molecule has 2 aromatic heterocycles. The van der Waals surface area contributed by atoms with Gasteiger partial charge in [-0.15, -0.1) is 0 Å². The van der Waals surface area contributed by atoms with Crippen LogP contribution in [-0.2, 0) is 140 Å². The third-order valence-electron chi connectivity index (χ3n) is 18.9. The second-order valence-electron chi connectivity index (χ2n) is 29.5. The first-order valence-electron chi connectivity index (χ1n) is 45.2. The smallest absolute Gasteiger partial charge is 0.331 e. The molecule has 0 fully saturated rings. The highest BCUT2D eigenvalue weighted by Gasteiger charge is 2.34. The van der Waals surface area contributed by atoms with Gasteiger partial charge in [0.05, 0.1) is 197 Å². The topological polar surface area (TPSA) is 526 Å². The first kappa shape index (κ1) is 116. The maximum Gasteiger partial charge on any atom is 0.331 e. The molecular formula is C94H138N10O32. The van der Waals surface area contributed by atoms with Gasteiger partial charge in [0.2, 0.25) is 0 Å². The number of aliphatic hydroxyl groups excluding tert-OH is 4. The fourth-order valence-corrected chi connectivity index (χ4v) is 11.6. The number of carbonyl (C=O) groups excluding carboxylic acids is 8. The number of hydrogen-bond acceptors (Lipinski definition) is 40. The van der Waals surface area contributed by atoms with Crippen molar-refractivity contribution in [2.75, 3.05) is 287 Å². The number of carbonyl (C=O) groups is 8. The Bertz CT molecular complexity index is 3660. The van der Waals surface area contributed by atoms with Gasteiger partial charge in [-0.3, -0.25) is 28.8 Å². The van der Waals surface area contributed by atoms with Gasteiger partial charge >= 0.3 is 23.9 Å². The predicted molar refractivity (Wildman–Crippen MR) is 495 cm³/mol. The molecule has 0 saturated carbocycles. The fourth-order valence-electron chi connectivity index (χ4n) is 11.6. The molecule has 42 nitrogen and oxygen atoms in total. The van der Waals surface area contributed by atoms with Crippen LogP contribution in [-0.4, -0.2) is 366 Å². The summed E-state index contributed by atoms with van der Waals surface area (Å²) in [5.41, 5.74) is 1.73. The van der Waals surface area contributed by atoms with Crippen LogP contribution in [0.1, 0.15) is 103 Å². The van der Waals surface area contributed by atoms with Gasteiger partial charge in [0.25, 0.3) is 11.8 Å². The second-order valence-corrected chi connectivity index (χ2v) is 29.5. The highest BCUT2D eigenvalue weighted by atomic mass is 16.6. The number of amides is 2. The van der Waals surface area contributed by atoms with Gasteiger partial charge in [-0.05, 0) is 47.9 Å². The van der Waals surface area contributed by atoms with E-state index in [9.17, 15) is 58.8 Å². The number of benzene rings is 4. The predicted octanol–water partition coefficient (Wildman–Crippen LogP) is 4.46. The van der Waals surface area contributed by atoms with Crippen molar-refractivity contribution in [1.29, 1.82) is 0 Å². The van der Waals surface area contributed by atoms with Crippen molar-refractivity contribution < 1.29 is 154 Å². The first-order chi connectivity index (χ1) is 66.6. The van der Waals surface area contributed by atoms with Crippen LogP contribution in [0.5, 0.6) is 0 Å². The van der Waals surface area contributed by atoms with E-state index in [0.29, 0.717) is 222 Å². The Balaban J connectivity index is 0.000000480. The Kier molecular flexibility index (Phi) is 65.4. The molecule has 4 atom stereocenters. The van der Waals surface area contributed by atoms with Gasteiger partial charge in [0.15, 0.2) is 69.7 Å². The largest absolute Gasteiger partial charge is 0.461 e. The standard InChI is InChI=1S/2C47H69N5O16/c2*1-59-19-21-63-27-29-65-25-23-61-17-9-15-48-43-41(40(55)31-38(32-53)46(57)67-34-36-11-5-3-6-12-36)51-44(49-16-10-18-62-24-26-66-30-28-64-22-20-60-2)42(52-43)45(56)50-39(33-54)47(58)68-35-37-13-7-4-8-14-37/h2*3-8,11-14,38-39,53-54H,9-10,15-35H2,1-2H3,(H,48,52)(H,49,51)(H,50,56). The number of Topliss-reactive ketones (excluding diaryl/α,β-unsaturated/α-hetero) is 2. The molecule has 4 unspecified atom stereocenters. The number of esters is 4. The summed E-state index contributed by atoms with van der Waals surface area (Å²) < 4.78 is 108. The van der Waals surface area contributed by atoms with E-state index in [-0.39, 0.29) is 98.7 Å². The zero-order valence-electron chi connectivity index (χ0n) is 78.4. The van der Waals surface area contributed by atoms with Crippen LogP contribution >= 0.6 is 0 Å². The molecule has 0 spiro atoms. The van der Waals surface area contributed by atoms with Gasteiger partial charge in [0.1, 0.15) is 26.4 Å². The molecule has 10 N–H and O–H groups in total. The number of hydrogen-bond donors (Lipinski definition) is 10. The van der Waals surface area contributed by atoms with Crippen molar-refractivity contribution in [2.24, 2.45) is 11.8 Å². The molecule has 6 rings (SSSR count). The fraction of sp³-hybridized carbons (Fsp3) is 0.574. The van der Waals surface area contributed by atoms with Gasteiger partial charge < -0.3 is 147 Å². The molecule has 42 heteroatoms. The minimum atomic E-state index is -1.48. The number of nitrogens with one attached hydrogen (secondary N) is 6. The average Bonchev–Trinajstić information content (AvgIpc) is 0.801. The summed E-state index contributed by atoms with van der Waals surface area (Å²) in [7, 11) is 6.39. The third-order valence-corrected chi connectivity index (χ3v) is 18.9. The Labute approximate surface area is 793 Å². The van der Waals surface area contributed by atoms with Crippen LogP contribution < -0.4 is 31.9 Å². The zero-order chi connectivity index (χ0) is 97.7. The average molecular weight is 1920 g/mol. The van der Waals surface area contributed by atoms with E-state index in [2.05, 4.69) is 51.8 Å². The molecule has 2 heterocycles. The van der Waals surface area contributed by atoms with Crippen LogP contribution in [0.3, 0.4) is 0 Å². The van der Waals surface area contributed by atoms with Crippen LogP contribution in [0.4, 0.5) is 23.3 Å². The normalized spacial score (nSPS) is 12.0. The Morgan fingerprint density at radius 2 is 0.471 bits per heavy atom. The molecule has 0 aliphatic rings. The van der Waals surface area contributed by atoms with E-state index in [4.69, 9.17) is 94.7 Å². The number of methoxy groups -OCH3 is 4. The van der Waals surface area contributed by atoms with Crippen molar-refractivity contribution in [1.82, 2.24) is 30.6 Å². The quantitative estimate of drug-likeness (QED) is 0.0109. The number of ether oxygens (including phenoxy) is 20. The van der Waals surface area contributed by atoms with Crippen molar-refractivity contribution in [3.05, 3.63) is 166 Å². The molecule has 0 aliphatic carbocycles. The van der Waals surface area contributed by atoms with E-state index >= 15 is 0 Å². The van der Waals surface area contributed by atoms with Gasteiger partial charge in [-0.2, -0.15) is 0 Å². The summed E-state index contributed by atoms with van der Waals surface area (Å²) in [5.74, 6) is -9.58. The van der Waals surface area contributed by atoms with Crippen molar-refractivity contribution in [2.45, 2.75) is 77.0 Å². The molecule has 0 bridgehead atoms. The molecule has 0 aliphatic heterocycles. The lowest BCUT2D eigenvalue weighted by Crippen LogP contribution is -2.45. The van der Waals surface area contributed by atoms with Gasteiger partial charge in [-0.25, -0.2) is 29.5 Å². The molecule has 0 radical (unpaired) electrons. The highest BCUT2D eigenvalue weighted by Crippen LogP contribution is 2.26. The number of ketones is 2. The van der Waals surface area contributed by atoms with Crippen LogP contribution in [0.25, 0.3) is 0 Å². The van der Waals surface area contributed by atoms with Crippen LogP contribution in [0, 0.1) is 11.8 Å². The molecule has 756 valence electrons. The van der Waals surface area contributed by atoms with E-state index in [0.717, 1.165) is 11.1 Å². The highest BCUT2D eigenvalue weighted by molar-refractivity contribution is 6.05. The van der Waals surface area contributed by atoms with Crippen molar-refractivity contribution >= 4 is 70.5 Å². The Morgan fingerprint density at radius 1 is 0.265 bits per heavy atom. The monoisotopic (exact) mass is 1920 g/mol. The second kappa shape index (κ2) is 76.6. The van der Waals surface area contributed by atoms with Crippen molar-refractivity contribution in [3.8, 4) is 0 Å². The van der Waals surface area contributed by atoms with E-state index in [1.54, 1.807) is 126 Å². The minimum absolute atomic E-state index is 0.0675. The lowest BCUT2D eigenvalue weighted by molar-refractivity contribution is -0.152. The summed E-state index contributed by atoms with van der Waals surface area (Å²) in [6, 6.07) is 32.7. The minimum Gasteiger partial charge on any atom is -0.461 e. The molecule has 136 heavy (non-hydrogen) atoms. The van der Waals surface area contributed by atoms with Crippen LogP contribution in [0.15, 0.2) is 121 Å². The number of aliphatic hydroxyl groups is 4.